The number of benzene rings is 1. The van der Waals surface area contributed by atoms with Crippen LogP contribution >= 0.6 is 0 Å². The van der Waals surface area contributed by atoms with Crippen LogP contribution in [0, 0.1) is 13.8 Å². The van der Waals surface area contributed by atoms with Crippen LogP contribution in [0.25, 0.3) is 10.9 Å². The lowest BCUT2D eigenvalue weighted by atomic mass is 10.1. The Balaban J connectivity index is 2.03. The summed E-state index contributed by atoms with van der Waals surface area (Å²) in [4.78, 5) is 15.3. The number of hydrogen-bond donors (Lipinski definition) is 2. The van der Waals surface area contributed by atoms with E-state index in [2.05, 4.69) is 4.98 Å². The minimum Gasteiger partial charge on any atom is -0.494 e. The van der Waals surface area contributed by atoms with E-state index in [4.69, 9.17) is 9.94 Å². The van der Waals surface area contributed by atoms with Crippen LogP contribution in [0.1, 0.15) is 24.1 Å². The van der Waals surface area contributed by atoms with Crippen LogP contribution in [0.5, 0.6) is 5.75 Å². The zero-order valence-corrected chi connectivity index (χ0v) is 11.6. The average Bonchev–Trinajstić information content (AvgIpc) is 2.43. The molecule has 0 radical (unpaired) electrons. The molecule has 0 spiro atoms. The Morgan fingerprint density at radius 1 is 1.35 bits per heavy atom. The molecule has 0 aliphatic rings. The predicted octanol–water partition coefficient (Wildman–Crippen LogP) is 2.52. The van der Waals surface area contributed by atoms with Crippen LogP contribution in [0.15, 0.2) is 24.3 Å². The molecular formula is C15H18N2O3. The molecule has 0 saturated heterocycles. The molecule has 1 heterocycles. The van der Waals surface area contributed by atoms with Crippen molar-refractivity contribution in [2.75, 3.05) is 6.61 Å². The molecule has 1 aromatic heterocycles. The SMILES string of the molecule is Cc1cc(C)c2cc(OCCCC(=O)NO)ccc2n1. The van der Waals surface area contributed by atoms with Gasteiger partial charge in [-0.2, -0.15) is 0 Å². The molecule has 0 fully saturated rings. The summed E-state index contributed by atoms with van der Waals surface area (Å²) in [6, 6.07) is 7.81. The van der Waals surface area contributed by atoms with Crippen molar-refractivity contribution >= 4 is 16.8 Å². The van der Waals surface area contributed by atoms with Gasteiger partial charge in [-0.15, -0.1) is 0 Å². The number of aromatic nitrogens is 1. The number of nitrogens with zero attached hydrogens (tertiary/aromatic N) is 1. The number of hydroxylamine groups is 1. The molecule has 1 amide bonds. The van der Waals surface area contributed by atoms with E-state index >= 15 is 0 Å². The lowest BCUT2D eigenvalue weighted by Gasteiger charge is -2.08. The van der Waals surface area contributed by atoms with Gasteiger partial charge in [0.05, 0.1) is 12.1 Å². The quantitative estimate of drug-likeness (QED) is 0.499. The van der Waals surface area contributed by atoms with E-state index in [1.807, 2.05) is 38.1 Å². The molecule has 2 N–H and O–H groups in total. The molecule has 1 aromatic carbocycles. The number of aryl methyl sites for hydroxylation is 2. The van der Waals surface area contributed by atoms with Gasteiger partial charge in [-0.25, -0.2) is 5.48 Å². The first-order chi connectivity index (χ1) is 9.60. The Kier molecular flexibility index (Phi) is 4.53. The van der Waals surface area contributed by atoms with Gasteiger partial charge < -0.3 is 4.74 Å². The maximum atomic E-state index is 10.8. The third-order valence-electron chi connectivity index (χ3n) is 3.06. The number of amides is 1. The Morgan fingerprint density at radius 3 is 2.90 bits per heavy atom. The summed E-state index contributed by atoms with van der Waals surface area (Å²) in [6.07, 6.45) is 0.791. The van der Waals surface area contributed by atoms with Crippen LogP contribution in [0.4, 0.5) is 0 Å². The van der Waals surface area contributed by atoms with Crippen LogP contribution < -0.4 is 10.2 Å². The first-order valence-corrected chi connectivity index (χ1v) is 6.54. The van der Waals surface area contributed by atoms with Crippen molar-refractivity contribution in [2.45, 2.75) is 26.7 Å². The second-order valence-corrected chi connectivity index (χ2v) is 4.75. The monoisotopic (exact) mass is 274 g/mol. The summed E-state index contributed by atoms with van der Waals surface area (Å²) < 4.78 is 5.60. The van der Waals surface area contributed by atoms with E-state index < -0.39 is 5.91 Å². The van der Waals surface area contributed by atoms with Gasteiger partial charge in [0, 0.05) is 17.5 Å². The van der Waals surface area contributed by atoms with Crippen LogP contribution in [-0.2, 0) is 4.79 Å². The first kappa shape index (κ1) is 14.3. The lowest BCUT2D eigenvalue weighted by molar-refractivity contribution is -0.129. The number of ether oxygens (including phenoxy) is 1. The fourth-order valence-corrected chi connectivity index (χ4v) is 2.11. The van der Waals surface area contributed by atoms with Gasteiger partial charge in [-0.05, 0) is 50.1 Å². The summed E-state index contributed by atoms with van der Waals surface area (Å²) in [6.45, 7) is 4.45. The molecular weight excluding hydrogens is 256 g/mol. The standard InChI is InChI=1S/C15H18N2O3/c1-10-8-11(2)16-14-6-5-12(9-13(10)14)20-7-3-4-15(18)17-19/h5-6,8-9,19H,3-4,7H2,1-2H3,(H,17,18). The van der Waals surface area contributed by atoms with Gasteiger partial charge in [-0.3, -0.25) is 15.0 Å². The molecule has 0 aliphatic carbocycles. The van der Waals surface area contributed by atoms with Gasteiger partial charge in [0.25, 0.3) is 0 Å². The number of rotatable bonds is 5. The Morgan fingerprint density at radius 2 is 2.15 bits per heavy atom. The zero-order chi connectivity index (χ0) is 14.5. The Bertz CT molecular complexity index is 626. The highest BCUT2D eigenvalue weighted by atomic mass is 16.5. The average molecular weight is 274 g/mol. The van der Waals surface area contributed by atoms with Crippen molar-refractivity contribution in [2.24, 2.45) is 0 Å². The smallest absolute Gasteiger partial charge is 0.243 e. The number of carbonyl (C=O) groups excluding carboxylic acids is 1. The highest BCUT2D eigenvalue weighted by Gasteiger charge is 2.04. The van der Waals surface area contributed by atoms with Crippen molar-refractivity contribution < 1.29 is 14.7 Å². The van der Waals surface area contributed by atoms with Gasteiger partial charge in [0.15, 0.2) is 0 Å². The first-order valence-electron chi connectivity index (χ1n) is 6.54. The maximum absolute atomic E-state index is 10.8. The number of pyridine rings is 1. The molecule has 2 aromatic rings. The van der Waals surface area contributed by atoms with Crippen LogP contribution in [0.3, 0.4) is 0 Å². The fourth-order valence-electron chi connectivity index (χ4n) is 2.11. The Hall–Kier alpha value is -2.14. The van der Waals surface area contributed by atoms with Crippen LogP contribution in [-0.4, -0.2) is 22.7 Å². The van der Waals surface area contributed by atoms with E-state index in [1.165, 1.54) is 0 Å². The summed E-state index contributed by atoms with van der Waals surface area (Å²) in [5.74, 6) is 0.360. The van der Waals surface area contributed by atoms with E-state index in [1.54, 1.807) is 5.48 Å². The highest BCUT2D eigenvalue weighted by Crippen LogP contribution is 2.23. The zero-order valence-electron chi connectivity index (χ0n) is 11.6. The van der Waals surface area contributed by atoms with Crippen molar-refractivity contribution in [1.29, 1.82) is 0 Å². The van der Waals surface area contributed by atoms with Crippen molar-refractivity contribution in [3.05, 3.63) is 35.5 Å². The molecule has 0 unspecified atom stereocenters. The molecule has 5 heteroatoms. The fraction of sp³-hybridized carbons (Fsp3) is 0.333. The van der Waals surface area contributed by atoms with E-state index in [0.29, 0.717) is 13.0 Å². The van der Waals surface area contributed by atoms with Crippen molar-refractivity contribution in [3.8, 4) is 5.75 Å². The van der Waals surface area contributed by atoms with Crippen molar-refractivity contribution in [1.82, 2.24) is 10.5 Å². The van der Waals surface area contributed by atoms with Crippen molar-refractivity contribution in [3.63, 3.8) is 0 Å². The number of hydrogen-bond acceptors (Lipinski definition) is 4. The number of fused-ring (bicyclic) bond motifs is 1. The molecule has 0 bridgehead atoms. The summed E-state index contributed by atoms with van der Waals surface area (Å²) in [5.41, 5.74) is 4.71. The molecule has 0 aliphatic heterocycles. The molecule has 0 saturated carbocycles. The summed E-state index contributed by atoms with van der Waals surface area (Å²) >= 11 is 0. The van der Waals surface area contributed by atoms with E-state index in [-0.39, 0.29) is 6.42 Å². The van der Waals surface area contributed by atoms with Gasteiger partial charge in [0.2, 0.25) is 5.91 Å². The molecule has 106 valence electrons. The topological polar surface area (TPSA) is 71.5 Å². The third kappa shape index (κ3) is 3.45. The van der Waals surface area contributed by atoms with Crippen LogP contribution in [0.2, 0.25) is 0 Å². The van der Waals surface area contributed by atoms with Gasteiger partial charge in [-0.1, -0.05) is 0 Å². The highest BCUT2D eigenvalue weighted by molar-refractivity contribution is 5.83. The maximum Gasteiger partial charge on any atom is 0.243 e. The minimum absolute atomic E-state index is 0.240. The van der Waals surface area contributed by atoms with Gasteiger partial charge >= 0.3 is 0 Å². The van der Waals surface area contributed by atoms with Gasteiger partial charge in [0.1, 0.15) is 5.75 Å². The lowest BCUT2D eigenvalue weighted by Crippen LogP contribution is -2.18. The normalized spacial score (nSPS) is 10.6. The number of carbonyl (C=O) groups is 1. The Labute approximate surface area is 117 Å². The predicted molar refractivity (Wildman–Crippen MR) is 75.9 cm³/mol. The molecule has 20 heavy (non-hydrogen) atoms. The summed E-state index contributed by atoms with van der Waals surface area (Å²) in [7, 11) is 0. The third-order valence-corrected chi connectivity index (χ3v) is 3.06. The second kappa shape index (κ2) is 6.34. The summed E-state index contributed by atoms with van der Waals surface area (Å²) in [5, 5.41) is 9.45. The number of nitrogens with one attached hydrogen (secondary N) is 1. The largest absolute Gasteiger partial charge is 0.494 e. The van der Waals surface area contributed by atoms with E-state index in [9.17, 15) is 4.79 Å². The molecule has 0 atom stereocenters. The molecule has 2 rings (SSSR count). The second-order valence-electron chi connectivity index (χ2n) is 4.75. The van der Waals surface area contributed by atoms with E-state index in [0.717, 1.165) is 27.9 Å². The minimum atomic E-state index is -0.400. The molecule has 5 nitrogen and oxygen atoms in total.